The smallest absolute Gasteiger partial charge is 0.277 e. The topological polar surface area (TPSA) is 136 Å². The zero-order chi connectivity index (χ0) is 21.0. The summed E-state index contributed by atoms with van der Waals surface area (Å²) in [4.78, 5) is 45.7. The fourth-order valence-electron chi connectivity index (χ4n) is 2.21. The van der Waals surface area contributed by atoms with Gasteiger partial charge in [0, 0.05) is 24.9 Å². The molecule has 0 saturated heterocycles. The van der Waals surface area contributed by atoms with Crippen LogP contribution >= 0.6 is 23.2 Å². The van der Waals surface area contributed by atoms with Gasteiger partial charge in [0.25, 0.3) is 17.3 Å². The van der Waals surface area contributed by atoms with Crippen molar-refractivity contribution in [2.24, 2.45) is 0 Å². The van der Waals surface area contributed by atoms with Gasteiger partial charge < -0.3 is 10.2 Å². The van der Waals surface area contributed by atoms with E-state index in [1.807, 2.05) is 0 Å². The Morgan fingerprint density at radius 3 is 2.07 bits per heavy atom. The molecule has 0 aliphatic rings. The van der Waals surface area contributed by atoms with Crippen LogP contribution in [-0.2, 0) is 4.79 Å². The molecule has 12 heteroatoms. The van der Waals surface area contributed by atoms with Crippen LogP contribution in [0.5, 0.6) is 0 Å². The molecule has 0 aliphatic carbocycles. The van der Waals surface area contributed by atoms with Crippen molar-refractivity contribution in [3.05, 3.63) is 72.2 Å². The molecule has 0 spiro atoms. The average Bonchev–Trinajstić information content (AvgIpc) is 2.63. The molecular formula is C16H12Cl2N4O6. The van der Waals surface area contributed by atoms with Gasteiger partial charge in [0.2, 0.25) is 5.91 Å². The minimum atomic E-state index is -0.846. The van der Waals surface area contributed by atoms with Crippen LogP contribution in [0.15, 0.2) is 36.4 Å². The van der Waals surface area contributed by atoms with E-state index in [1.165, 1.54) is 25.2 Å². The highest BCUT2D eigenvalue weighted by atomic mass is 35.5. The summed E-state index contributed by atoms with van der Waals surface area (Å²) in [6.45, 7) is -0.407. The van der Waals surface area contributed by atoms with Crippen LogP contribution in [0.1, 0.15) is 10.4 Å². The van der Waals surface area contributed by atoms with Crippen LogP contribution in [0, 0.1) is 20.2 Å². The Morgan fingerprint density at radius 2 is 1.57 bits per heavy atom. The van der Waals surface area contributed by atoms with Gasteiger partial charge >= 0.3 is 0 Å². The molecule has 0 heterocycles. The van der Waals surface area contributed by atoms with E-state index >= 15 is 0 Å². The number of hydrogen-bond donors (Lipinski definition) is 1. The van der Waals surface area contributed by atoms with Gasteiger partial charge in [-0.25, -0.2) is 0 Å². The molecule has 0 radical (unpaired) electrons. The number of amides is 2. The van der Waals surface area contributed by atoms with Crippen molar-refractivity contribution in [3.8, 4) is 0 Å². The Labute approximate surface area is 167 Å². The van der Waals surface area contributed by atoms with Crippen LogP contribution in [0.4, 0.5) is 17.1 Å². The van der Waals surface area contributed by atoms with E-state index in [2.05, 4.69) is 5.32 Å². The molecule has 2 aromatic rings. The van der Waals surface area contributed by atoms with Gasteiger partial charge in [-0.2, -0.15) is 0 Å². The zero-order valence-electron chi connectivity index (χ0n) is 14.2. The lowest BCUT2D eigenvalue weighted by molar-refractivity contribution is -0.394. The monoisotopic (exact) mass is 426 g/mol. The first kappa shape index (κ1) is 21.1. The number of hydrogen-bond acceptors (Lipinski definition) is 6. The number of carbonyl (C=O) groups excluding carboxylic acids is 2. The first-order valence-corrected chi connectivity index (χ1v) is 8.28. The van der Waals surface area contributed by atoms with Crippen molar-refractivity contribution < 1.29 is 19.4 Å². The quantitative estimate of drug-likeness (QED) is 0.554. The summed E-state index contributed by atoms with van der Waals surface area (Å²) in [5, 5.41) is 24.9. The molecule has 0 aliphatic heterocycles. The first-order valence-electron chi connectivity index (χ1n) is 7.52. The second-order valence-electron chi connectivity index (χ2n) is 5.59. The Kier molecular flexibility index (Phi) is 6.49. The van der Waals surface area contributed by atoms with Gasteiger partial charge in [0.05, 0.1) is 38.1 Å². The van der Waals surface area contributed by atoms with E-state index < -0.39 is 39.6 Å². The van der Waals surface area contributed by atoms with E-state index in [9.17, 15) is 29.8 Å². The lowest BCUT2D eigenvalue weighted by atomic mass is 10.1. The second kappa shape index (κ2) is 8.63. The Balaban J connectivity index is 2.15. The number of rotatable bonds is 6. The number of carbonyl (C=O) groups is 2. The van der Waals surface area contributed by atoms with E-state index in [0.29, 0.717) is 10.7 Å². The number of benzene rings is 2. The minimum absolute atomic E-state index is 0.229. The van der Waals surface area contributed by atoms with E-state index in [0.717, 1.165) is 23.1 Å². The van der Waals surface area contributed by atoms with Crippen molar-refractivity contribution in [3.63, 3.8) is 0 Å². The number of nitro groups is 2. The van der Waals surface area contributed by atoms with Gasteiger partial charge in [0.15, 0.2) is 0 Å². The molecule has 28 heavy (non-hydrogen) atoms. The van der Waals surface area contributed by atoms with Gasteiger partial charge in [0.1, 0.15) is 0 Å². The molecule has 0 saturated carbocycles. The van der Waals surface area contributed by atoms with Crippen LogP contribution in [0.3, 0.4) is 0 Å². The predicted molar refractivity (Wildman–Crippen MR) is 102 cm³/mol. The number of likely N-dealkylation sites (N-methyl/N-ethyl adjacent to an activating group) is 1. The maximum Gasteiger partial charge on any atom is 0.277 e. The molecule has 2 aromatic carbocycles. The molecule has 2 rings (SSSR count). The molecular weight excluding hydrogens is 415 g/mol. The molecule has 0 bridgehead atoms. The Morgan fingerprint density at radius 1 is 1.00 bits per heavy atom. The molecule has 146 valence electrons. The van der Waals surface area contributed by atoms with Crippen molar-refractivity contribution in [1.29, 1.82) is 0 Å². The number of nitrogens with zero attached hydrogens (tertiary/aromatic N) is 3. The van der Waals surface area contributed by atoms with Crippen molar-refractivity contribution in [2.45, 2.75) is 0 Å². The van der Waals surface area contributed by atoms with Gasteiger partial charge in [-0.15, -0.1) is 0 Å². The molecule has 0 aromatic heterocycles. The number of nitro benzene ring substituents is 2. The van der Waals surface area contributed by atoms with Crippen LogP contribution in [0.2, 0.25) is 10.0 Å². The fraction of sp³-hybridized carbons (Fsp3) is 0.125. The maximum atomic E-state index is 12.4. The molecule has 10 nitrogen and oxygen atoms in total. The largest absolute Gasteiger partial charge is 0.332 e. The first-order chi connectivity index (χ1) is 13.1. The Bertz CT molecular complexity index is 949. The molecule has 2 amide bonds. The number of halogens is 2. The SMILES string of the molecule is CN(CC(=O)Nc1ccc(Cl)c(Cl)c1)C(=O)c1cc([N+](=O)[O-])cc([N+](=O)[O-])c1. The molecule has 0 atom stereocenters. The third kappa shape index (κ3) is 5.15. The highest BCUT2D eigenvalue weighted by molar-refractivity contribution is 6.42. The normalized spacial score (nSPS) is 10.2. The van der Waals surface area contributed by atoms with Gasteiger partial charge in [-0.1, -0.05) is 23.2 Å². The number of anilines is 1. The van der Waals surface area contributed by atoms with Crippen molar-refractivity contribution >= 4 is 52.1 Å². The third-order valence-electron chi connectivity index (χ3n) is 3.50. The summed E-state index contributed by atoms with van der Waals surface area (Å²) in [7, 11) is 1.28. The van der Waals surface area contributed by atoms with E-state index in [-0.39, 0.29) is 10.6 Å². The summed E-state index contributed by atoms with van der Waals surface area (Å²) in [6, 6.07) is 6.97. The van der Waals surface area contributed by atoms with Gasteiger partial charge in [-0.05, 0) is 18.2 Å². The van der Waals surface area contributed by atoms with E-state index in [4.69, 9.17) is 23.2 Å². The summed E-state index contributed by atoms with van der Waals surface area (Å²) >= 11 is 11.6. The highest BCUT2D eigenvalue weighted by Crippen LogP contribution is 2.25. The lowest BCUT2D eigenvalue weighted by Gasteiger charge is -2.17. The molecule has 0 fully saturated rings. The standard InChI is InChI=1S/C16H12Cl2N4O6/c1-20(8-15(23)19-10-2-3-13(17)14(18)6-10)16(24)9-4-11(21(25)26)7-12(5-9)22(27)28/h2-7H,8H2,1H3,(H,19,23). The van der Waals surface area contributed by atoms with Crippen LogP contribution in [0.25, 0.3) is 0 Å². The molecule has 1 N–H and O–H groups in total. The Hall–Kier alpha value is -3.24. The van der Waals surface area contributed by atoms with E-state index in [1.54, 1.807) is 0 Å². The third-order valence-corrected chi connectivity index (χ3v) is 4.24. The number of non-ortho nitro benzene ring substituents is 2. The van der Waals surface area contributed by atoms with Crippen molar-refractivity contribution in [1.82, 2.24) is 4.90 Å². The zero-order valence-corrected chi connectivity index (χ0v) is 15.7. The fourth-order valence-corrected chi connectivity index (χ4v) is 2.51. The van der Waals surface area contributed by atoms with Crippen LogP contribution < -0.4 is 5.32 Å². The summed E-state index contributed by atoms with van der Waals surface area (Å²) in [6.07, 6.45) is 0. The highest BCUT2D eigenvalue weighted by Gasteiger charge is 2.22. The summed E-state index contributed by atoms with van der Waals surface area (Å²) < 4.78 is 0. The number of nitrogens with one attached hydrogen (secondary N) is 1. The summed E-state index contributed by atoms with van der Waals surface area (Å²) in [5.74, 6) is -1.37. The lowest BCUT2D eigenvalue weighted by Crippen LogP contribution is -2.35. The maximum absolute atomic E-state index is 12.4. The minimum Gasteiger partial charge on any atom is -0.332 e. The van der Waals surface area contributed by atoms with Crippen molar-refractivity contribution in [2.75, 3.05) is 18.9 Å². The summed E-state index contributed by atoms with van der Waals surface area (Å²) in [5.41, 5.74) is -1.14. The average molecular weight is 427 g/mol. The van der Waals surface area contributed by atoms with Crippen LogP contribution in [-0.4, -0.2) is 40.2 Å². The predicted octanol–water partition coefficient (Wildman–Crippen LogP) is 3.52. The second-order valence-corrected chi connectivity index (χ2v) is 6.40. The van der Waals surface area contributed by atoms with Gasteiger partial charge in [-0.3, -0.25) is 29.8 Å². The molecule has 0 unspecified atom stereocenters.